The summed E-state index contributed by atoms with van der Waals surface area (Å²) in [6.45, 7) is 2.34. The minimum absolute atomic E-state index is 0.230. The Balaban J connectivity index is 1.10. The summed E-state index contributed by atoms with van der Waals surface area (Å²) >= 11 is 0. The first kappa shape index (κ1) is 34.6. The maximum Gasteiger partial charge on any atom is 0.164 e. The van der Waals surface area contributed by atoms with Crippen LogP contribution in [0.5, 0.6) is 11.5 Å². The van der Waals surface area contributed by atoms with Gasteiger partial charge in [0.05, 0.1) is 17.0 Å². The van der Waals surface area contributed by atoms with E-state index >= 15 is 0 Å². The van der Waals surface area contributed by atoms with E-state index in [0.717, 1.165) is 62.4 Å². The molecule has 2 aliphatic carbocycles. The minimum Gasteiger partial charge on any atom is -0.457 e. The number of hydrogen-bond acceptors (Lipinski definition) is 5. The van der Waals surface area contributed by atoms with E-state index < -0.39 is 5.41 Å². The van der Waals surface area contributed by atoms with Crippen LogP contribution in [0.15, 0.2) is 188 Å². The molecule has 1 spiro atoms. The first-order valence-corrected chi connectivity index (χ1v) is 20.0. The highest BCUT2D eigenvalue weighted by Gasteiger charge is 2.53. The monoisotopic (exact) mass is 756 g/mol. The van der Waals surface area contributed by atoms with Gasteiger partial charge in [0.25, 0.3) is 0 Å². The summed E-state index contributed by atoms with van der Waals surface area (Å²) in [5.74, 6) is 3.88. The second kappa shape index (κ2) is 13.8. The number of para-hydroxylation sites is 2. The average molecular weight is 757 g/mol. The Morgan fingerprint density at radius 2 is 1.07 bits per heavy atom. The lowest BCUT2D eigenvalue weighted by atomic mass is 9.63. The quantitative estimate of drug-likeness (QED) is 0.175. The van der Waals surface area contributed by atoms with Gasteiger partial charge in [0, 0.05) is 27.8 Å². The van der Waals surface area contributed by atoms with Gasteiger partial charge in [0.1, 0.15) is 11.5 Å². The molecule has 7 aromatic carbocycles. The third-order valence-corrected chi connectivity index (χ3v) is 12.1. The predicted octanol–water partition coefficient (Wildman–Crippen LogP) is 12.7. The van der Waals surface area contributed by atoms with Crippen molar-refractivity contribution in [3.63, 3.8) is 0 Å². The molecule has 1 unspecified atom stereocenters. The first-order chi connectivity index (χ1) is 29.1. The molecule has 0 saturated carbocycles. The van der Waals surface area contributed by atoms with Crippen LogP contribution >= 0.6 is 0 Å². The van der Waals surface area contributed by atoms with Crippen molar-refractivity contribution in [1.82, 2.24) is 15.0 Å². The van der Waals surface area contributed by atoms with Gasteiger partial charge in [-0.25, -0.2) is 15.0 Å². The van der Waals surface area contributed by atoms with E-state index in [2.05, 4.69) is 110 Å². The normalized spacial score (nSPS) is 15.6. The lowest BCUT2D eigenvalue weighted by molar-refractivity contribution is 0.435. The number of nitriles is 1. The van der Waals surface area contributed by atoms with Gasteiger partial charge in [-0.15, -0.1) is 0 Å². The summed E-state index contributed by atoms with van der Waals surface area (Å²) in [6, 6.07) is 63.0. The van der Waals surface area contributed by atoms with Crippen LogP contribution in [0.4, 0.5) is 0 Å². The zero-order chi connectivity index (χ0) is 39.5. The van der Waals surface area contributed by atoms with Crippen molar-refractivity contribution in [2.45, 2.75) is 18.8 Å². The van der Waals surface area contributed by atoms with Crippen LogP contribution in [0.1, 0.15) is 46.7 Å². The molecular weight excluding hydrogens is 721 g/mol. The summed E-state index contributed by atoms with van der Waals surface area (Å²) in [4.78, 5) is 15.1. The van der Waals surface area contributed by atoms with E-state index in [0.29, 0.717) is 23.0 Å². The van der Waals surface area contributed by atoms with Crippen molar-refractivity contribution in [2.24, 2.45) is 5.92 Å². The first-order valence-electron chi connectivity index (χ1n) is 20.0. The number of allylic oxidation sites excluding steroid dienone is 4. The minimum atomic E-state index is -0.620. The highest BCUT2D eigenvalue weighted by Crippen LogP contribution is 2.64. The molecule has 59 heavy (non-hydrogen) atoms. The molecule has 278 valence electrons. The standard InChI is InChI=1S/C54H36N4O/c1-34-29-44-42-28-27-39(36-25-23-35(33-55)24-26-36)31-47(42)54(45-19-8-10-21-49(45)59-50-22-11-9-20-46(50)54)48(44)32-43(34)40-17-12-18-41(30-40)53-57-51(37-13-4-2-5-14-37)56-52(58-53)38-15-6-3-7-16-38/h2-28,30-32,34H,29H2,1H3. The number of rotatable bonds is 5. The van der Waals surface area contributed by atoms with Crippen molar-refractivity contribution >= 4 is 11.1 Å². The SMILES string of the molecule is CC1CC2=C(C=C1c1cccc(-c3nc(-c4ccccc4)nc(-c4ccccc4)n3)c1)C1(c3ccccc3Oc3ccccc31)c1cc(-c3ccc(C#N)cc3)ccc12. The second-order valence-corrected chi connectivity index (χ2v) is 15.5. The van der Waals surface area contributed by atoms with Crippen LogP contribution in [-0.4, -0.2) is 15.0 Å². The molecule has 5 heteroatoms. The summed E-state index contributed by atoms with van der Waals surface area (Å²) in [7, 11) is 0. The van der Waals surface area contributed by atoms with Gasteiger partial charge in [0.15, 0.2) is 17.5 Å². The smallest absolute Gasteiger partial charge is 0.164 e. The zero-order valence-electron chi connectivity index (χ0n) is 32.3. The van der Waals surface area contributed by atoms with Gasteiger partial charge in [-0.1, -0.05) is 153 Å². The van der Waals surface area contributed by atoms with Crippen LogP contribution in [0.3, 0.4) is 0 Å². The topological polar surface area (TPSA) is 71.7 Å². The Hall–Kier alpha value is -7.68. The second-order valence-electron chi connectivity index (χ2n) is 15.5. The molecule has 1 aliphatic heterocycles. The van der Waals surface area contributed by atoms with Crippen molar-refractivity contribution in [1.29, 1.82) is 5.26 Å². The summed E-state index contributed by atoms with van der Waals surface area (Å²) in [6.07, 6.45) is 3.35. The van der Waals surface area contributed by atoms with Crippen molar-refractivity contribution in [2.75, 3.05) is 0 Å². The maximum atomic E-state index is 9.52. The van der Waals surface area contributed by atoms with E-state index in [1.54, 1.807) is 0 Å². The fraction of sp³-hybridized carbons (Fsp3) is 0.0741. The molecule has 3 aliphatic rings. The summed E-state index contributed by atoms with van der Waals surface area (Å²) in [5, 5.41) is 9.52. The molecule has 0 bridgehead atoms. The van der Waals surface area contributed by atoms with E-state index in [9.17, 15) is 5.26 Å². The summed E-state index contributed by atoms with van der Waals surface area (Å²) < 4.78 is 6.69. The third-order valence-electron chi connectivity index (χ3n) is 12.1. The molecule has 11 rings (SSSR count). The zero-order valence-corrected chi connectivity index (χ0v) is 32.3. The van der Waals surface area contributed by atoms with Crippen LogP contribution in [0.25, 0.3) is 56.4 Å². The van der Waals surface area contributed by atoms with E-state index in [1.165, 1.54) is 27.8 Å². The van der Waals surface area contributed by atoms with Gasteiger partial charge >= 0.3 is 0 Å². The number of benzene rings is 7. The van der Waals surface area contributed by atoms with Crippen LogP contribution in [0, 0.1) is 17.2 Å². The van der Waals surface area contributed by atoms with E-state index in [1.807, 2.05) is 84.9 Å². The lowest BCUT2D eigenvalue weighted by Crippen LogP contribution is -2.33. The molecule has 5 nitrogen and oxygen atoms in total. The van der Waals surface area contributed by atoms with Crippen molar-refractivity contribution in [3.8, 4) is 62.9 Å². The number of nitrogens with zero attached hydrogens (tertiary/aromatic N) is 4. The Labute approximate surface area is 343 Å². The fourth-order valence-electron chi connectivity index (χ4n) is 9.40. The summed E-state index contributed by atoms with van der Waals surface area (Å²) in [5.41, 5.74) is 14.9. The molecule has 0 amide bonds. The number of fused-ring (bicyclic) bond motifs is 8. The Bertz CT molecular complexity index is 2960. The molecule has 2 heterocycles. The predicted molar refractivity (Wildman–Crippen MR) is 234 cm³/mol. The Morgan fingerprint density at radius 1 is 0.525 bits per heavy atom. The molecule has 8 aromatic rings. The lowest BCUT2D eigenvalue weighted by Gasteiger charge is -2.41. The molecule has 0 radical (unpaired) electrons. The largest absolute Gasteiger partial charge is 0.457 e. The van der Waals surface area contributed by atoms with E-state index in [4.69, 9.17) is 19.7 Å². The molecule has 1 atom stereocenters. The molecule has 0 fully saturated rings. The Morgan fingerprint density at radius 3 is 1.69 bits per heavy atom. The molecule has 1 aromatic heterocycles. The molecule has 0 saturated heterocycles. The molecule has 0 N–H and O–H groups in total. The van der Waals surface area contributed by atoms with Gasteiger partial charge in [-0.05, 0) is 93.3 Å². The van der Waals surface area contributed by atoms with Crippen LogP contribution in [0.2, 0.25) is 0 Å². The fourth-order valence-corrected chi connectivity index (χ4v) is 9.40. The average Bonchev–Trinajstić information content (AvgIpc) is 3.57. The van der Waals surface area contributed by atoms with Gasteiger partial charge in [-0.2, -0.15) is 5.26 Å². The van der Waals surface area contributed by atoms with Gasteiger partial charge < -0.3 is 4.74 Å². The number of aromatic nitrogens is 3. The highest BCUT2D eigenvalue weighted by molar-refractivity contribution is 5.95. The van der Waals surface area contributed by atoms with Gasteiger partial charge in [0.2, 0.25) is 0 Å². The van der Waals surface area contributed by atoms with Gasteiger partial charge in [-0.3, -0.25) is 0 Å². The van der Waals surface area contributed by atoms with E-state index in [-0.39, 0.29) is 5.92 Å². The third kappa shape index (κ3) is 5.56. The van der Waals surface area contributed by atoms with Crippen LogP contribution in [-0.2, 0) is 5.41 Å². The number of hydrogen-bond donors (Lipinski definition) is 0. The highest BCUT2D eigenvalue weighted by atomic mass is 16.5. The maximum absolute atomic E-state index is 9.52. The van der Waals surface area contributed by atoms with Crippen molar-refractivity contribution in [3.05, 3.63) is 221 Å². The van der Waals surface area contributed by atoms with Crippen molar-refractivity contribution < 1.29 is 4.74 Å². The molecular formula is C54H36N4O. The van der Waals surface area contributed by atoms with Crippen LogP contribution < -0.4 is 4.74 Å². The Kier molecular flexibility index (Phi) is 8.06. The number of ether oxygens (including phenoxy) is 1.